The van der Waals surface area contributed by atoms with Crippen LogP contribution in [0.5, 0.6) is 11.5 Å². The average molecular weight is 286 g/mol. The molecule has 2 rings (SSSR count). The molecular weight excluding hydrogens is 264 g/mol. The maximum absolute atomic E-state index is 10.5. The molecule has 0 aliphatic carbocycles. The second-order valence-electron chi connectivity index (χ2n) is 5.27. The molecule has 0 heterocycles. The number of methoxy groups -OCH3 is 2. The van der Waals surface area contributed by atoms with E-state index >= 15 is 0 Å². The molecule has 0 aliphatic rings. The molecule has 0 spiro atoms. The zero-order chi connectivity index (χ0) is 15.4. The fraction of sp³-hybridized carbons (Fsp3) is 0.333. The Labute approximate surface area is 126 Å². The van der Waals surface area contributed by atoms with Crippen molar-refractivity contribution in [1.29, 1.82) is 0 Å². The fourth-order valence-corrected chi connectivity index (χ4v) is 2.54. The predicted octanol–water partition coefficient (Wildman–Crippen LogP) is 3.60. The number of ether oxygens (including phenoxy) is 2. The van der Waals surface area contributed by atoms with E-state index in [0.717, 1.165) is 16.7 Å². The van der Waals surface area contributed by atoms with Crippen LogP contribution in [0.1, 0.15) is 28.4 Å². The van der Waals surface area contributed by atoms with Crippen LogP contribution in [0.15, 0.2) is 36.4 Å². The third kappa shape index (κ3) is 3.56. The first-order valence-electron chi connectivity index (χ1n) is 7.01. The Balaban J connectivity index is 2.21. The first-order chi connectivity index (χ1) is 10.0. The number of benzene rings is 2. The van der Waals surface area contributed by atoms with Crippen molar-refractivity contribution >= 4 is 0 Å². The Hall–Kier alpha value is -2.00. The van der Waals surface area contributed by atoms with Gasteiger partial charge in [0, 0.05) is 6.42 Å². The molecular formula is C18H22O3. The lowest BCUT2D eigenvalue weighted by molar-refractivity contribution is 0.177. The van der Waals surface area contributed by atoms with E-state index in [0.29, 0.717) is 17.9 Å². The summed E-state index contributed by atoms with van der Waals surface area (Å²) in [5.41, 5.74) is 4.30. The van der Waals surface area contributed by atoms with Crippen molar-refractivity contribution in [3.8, 4) is 11.5 Å². The highest BCUT2D eigenvalue weighted by atomic mass is 16.5. The molecule has 21 heavy (non-hydrogen) atoms. The van der Waals surface area contributed by atoms with E-state index in [1.807, 2.05) is 37.3 Å². The molecule has 0 saturated carbocycles. The first kappa shape index (κ1) is 15.4. The number of aliphatic hydroxyl groups is 1. The molecule has 3 nitrogen and oxygen atoms in total. The molecule has 0 amide bonds. The van der Waals surface area contributed by atoms with Crippen LogP contribution in [0.3, 0.4) is 0 Å². The summed E-state index contributed by atoms with van der Waals surface area (Å²) in [6.45, 7) is 4.08. The molecule has 0 aliphatic heterocycles. The average Bonchev–Trinajstić information content (AvgIpc) is 2.46. The highest BCUT2D eigenvalue weighted by molar-refractivity contribution is 5.43. The van der Waals surface area contributed by atoms with Crippen molar-refractivity contribution in [2.24, 2.45) is 0 Å². The van der Waals surface area contributed by atoms with Crippen molar-refractivity contribution in [2.45, 2.75) is 26.4 Å². The fourth-order valence-electron chi connectivity index (χ4n) is 2.54. The molecule has 1 unspecified atom stereocenters. The van der Waals surface area contributed by atoms with E-state index in [4.69, 9.17) is 9.47 Å². The standard InChI is InChI=1S/C18H22O3/c1-12-5-7-15(13(2)9-12)16(19)10-14-6-8-17(20-3)18(11-14)21-4/h5-9,11,16,19H,10H2,1-4H3. The Bertz CT molecular complexity index is 620. The SMILES string of the molecule is COc1ccc(CC(O)c2ccc(C)cc2C)cc1OC. The highest BCUT2D eigenvalue weighted by Crippen LogP contribution is 2.30. The summed E-state index contributed by atoms with van der Waals surface area (Å²) in [4.78, 5) is 0. The van der Waals surface area contributed by atoms with E-state index in [9.17, 15) is 5.11 Å². The van der Waals surface area contributed by atoms with Gasteiger partial charge in [-0.1, -0.05) is 29.8 Å². The summed E-state index contributed by atoms with van der Waals surface area (Å²) < 4.78 is 10.5. The summed E-state index contributed by atoms with van der Waals surface area (Å²) in [6, 6.07) is 11.8. The van der Waals surface area contributed by atoms with Gasteiger partial charge in [-0.2, -0.15) is 0 Å². The number of hydrogen-bond acceptors (Lipinski definition) is 3. The monoisotopic (exact) mass is 286 g/mol. The molecule has 0 bridgehead atoms. The van der Waals surface area contributed by atoms with E-state index in [1.54, 1.807) is 14.2 Å². The number of hydrogen-bond donors (Lipinski definition) is 1. The smallest absolute Gasteiger partial charge is 0.160 e. The van der Waals surface area contributed by atoms with E-state index < -0.39 is 6.10 Å². The van der Waals surface area contributed by atoms with Gasteiger partial charge in [0.1, 0.15) is 0 Å². The van der Waals surface area contributed by atoms with Crippen molar-refractivity contribution in [3.05, 3.63) is 58.7 Å². The van der Waals surface area contributed by atoms with Gasteiger partial charge < -0.3 is 14.6 Å². The highest BCUT2D eigenvalue weighted by Gasteiger charge is 2.13. The minimum absolute atomic E-state index is 0.524. The van der Waals surface area contributed by atoms with Gasteiger partial charge in [0.15, 0.2) is 11.5 Å². The van der Waals surface area contributed by atoms with Gasteiger partial charge in [-0.3, -0.25) is 0 Å². The van der Waals surface area contributed by atoms with Crippen LogP contribution in [-0.2, 0) is 6.42 Å². The molecule has 112 valence electrons. The third-order valence-corrected chi connectivity index (χ3v) is 3.66. The maximum Gasteiger partial charge on any atom is 0.160 e. The Morgan fingerprint density at radius 2 is 1.67 bits per heavy atom. The lowest BCUT2D eigenvalue weighted by Crippen LogP contribution is -2.04. The Kier molecular flexibility index (Phi) is 4.86. The van der Waals surface area contributed by atoms with Gasteiger partial charge in [0.25, 0.3) is 0 Å². The van der Waals surface area contributed by atoms with Gasteiger partial charge in [-0.25, -0.2) is 0 Å². The van der Waals surface area contributed by atoms with Gasteiger partial charge in [0.2, 0.25) is 0 Å². The van der Waals surface area contributed by atoms with Crippen LogP contribution >= 0.6 is 0 Å². The minimum Gasteiger partial charge on any atom is -0.493 e. The van der Waals surface area contributed by atoms with Crippen LogP contribution < -0.4 is 9.47 Å². The molecule has 2 aromatic carbocycles. The Morgan fingerprint density at radius 1 is 0.952 bits per heavy atom. The molecule has 0 fully saturated rings. The van der Waals surface area contributed by atoms with E-state index in [2.05, 4.69) is 13.0 Å². The van der Waals surface area contributed by atoms with Crippen LogP contribution in [0.25, 0.3) is 0 Å². The molecule has 1 N–H and O–H groups in total. The third-order valence-electron chi connectivity index (χ3n) is 3.66. The van der Waals surface area contributed by atoms with Crippen LogP contribution in [0.4, 0.5) is 0 Å². The number of aliphatic hydroxyl groups excluding tert-OH is 1. The Morgan fingerprint density at radius 3 is 2.29 bits per heavy atom. The largest absolute Gasteiger partial charge is 0.493 e. The lowest BCUT2D eigenvalue weighted by Gasteiger charge is -2.16. The zero-order valence-electron chi connectivity index (χ0n) is 13.0. The molecule has 0 radical (unpaired) electrons. The van der Waals surface area contributed by atoms with Gasteiger partial charge >= 0.3 is 0 Å². The normalized spacial score (nSPS) is 12.0. The summed E-state index contributed by atoms with van der Waals surface area (Å²) in [5.74, 6) is 1.38. The van der Waals surface area contributed by atoms with Gasteiger partial charge in [-0.05, 0) is 42.7 Å². The number of aryl methyl sites for hydroxylation is 2. The molecule has 3 heteroatoms. The molecule has 2 aromatic rings. The van der Waals surface area contributed by atoms with E-state index in [1.165, 1.54) is 5.56 Å². The summed E-state index contributed by atoms with van der Waals surface area (Å²) in [5, 5.41) is 10.5. The van der Waals surface area contributed by atoms with Crippen molar-refractivity contribution < 1.29 is 14.6 Å². The quantitative estimate of drug-likeness (QED) is 0.912. The topological polar surface area (TPSA) is 38.7 Å². The van der Waals surface area contributed by atoms with E-state index in [-0.39, 0.29) is 0 Å². The number of rotatable bonds is 5. The van der Waals surface area contributed by atoms with Crippen molar-refractivity contribution in [1.82, 2.24) is 0 Å². The molecule has 0 saturated heterocycles. The predicted molar refractivity (Wildman–Crippen MR) is 84.1 cm³/mol. The molecule has 1 atom stereocenters. The zero-order valence-corrected chi connectivity index (χ0v) is 13.0. The lowest BCUT2D eigenvalue weighted by atomic mass is 9.96. The summed E-state index contributed by atoms with van der Waals surface area (Å²) >= 11 is 0. The van der Waals surface area contributed by atoms with Crippen molar-refractivity contribution in [3.63, 3.8) is 0 Å². The minimum atomic E-state index is -0.524. The molecule has 0 aromatic heterocycles. The van der Waals surface area contributed by atoms with Crippen LogP contribution in [0.2, 0.25) is 0 Å². The summed E-state index contributed by atoms with van der Waals surface area (Å²) in [6.07, 6.45) is 0.0215. The maximum atomic E-state index is 10.5. The van der Waals surface area contributed by atoms with Crippen LogP contribution in [-0.4, -0.2) is 19.3 Å². The second-order valence-corrected chi connectivity index (χ2v) is 5.27. The first-order valence-corrected chi connectivity index (χ1v) is 7.01. The van der Waals surface area contributed by atoms with Gasteiger partial charge in [0.05, 0.1) is 20.3 Å². The van der Waals surface area contributed by atoms with Gasteiger partial charge in [-0.15, -0.1) is 0 Å². The van der Waals surface area contributed by atoms with Crippen LogP contribution in [0, 0.1) is 13.8 Å². The summed E-state index contributed by atoms with van der Waals surface area (Å²) in [7, 11) is 3.23. The second kappa shape index (κ2) is 6.64. The van der Waals surface area contributed by atoms with Crippen molar-refractivity contribution in [2.75, 3.05) is 14.2 Å².